The van der Waals surface area contributed by atoms with Gasteiger partial charge in [-0.1, -0.05) is 13.8 Å². The molecule has 0 atom stereocenters. The van der Waals surface area contributed by atoms with Gasteiger partial charge in [0.15, 0.2) is 0 Å². The first kappa shape index (κ1) is 15.0. The molecule has 0 saturated carbocycles. The third-order valence-electron chi connectivity index (χ3n) is 4.09. The van der Waals surface area contributed by atoms with Crippen molar-refractivity contribution in [3.05, 3.63) is 46.5 Å². The fraction of sp³-hybridized carbons (Fsp3) is 0.294. The van der Waals surface area contributed by atoms with Gasteiger partial charge in [-0.3, -0.25) is 0 Å². The van der Waals surface area contributed by atoms with Crippen molar-refractivity contribution < 1.29 is 10.2 Å². The average Bonchev–Trinajstić information content (AvgIpc) is 2.37. The van der Waals surface area contributed by atoms with E-state index in [2.05, 4.69) is 13.8 Å². The summed E-state index contributed by atoms with van der Waals surface area (Å²) in [6, 6.07) is 6.94. The Balaban J connectivity index is 2.67. The molecule has 0 aliphatic heterocycles. The van der Waals surface area contributed by atoms with Crippen molar-refractivity contribution in [1.29, 1.82) is 0 Å². The van der Waals surface area contributed by atoms with Crippen molar-refractivity contribution in [2.75, 3.05) is 11.5 Å². The van der Waals surface area contributed by atoms with Crippen molar-refractivity contribution in [1.82, 2.24) is 0 Å². The van der Waals surface area contributed by atoms with E-state index in [0.717, 1.165) is 22.3 Å². The van der Waals surface area contributed by atoms with Crippen LogP contribution in [0.4, 0.5) is 11.4 Å². The molecular weight excluding hydrogens is 264 g/mol. The molecule has 0 aromatic heterocycles. The van der Waals surface area contributed by atoms with Gasteiger partial charge in [-0.15, -0.1) is 0 Å². The Labute approximate surface area is 125 Å². The van der Waals surface area contributed by atoms with Crippen LogP contribution in [0.1, 0.15) is 36.1 Å². The molecule has 0 unspecified atom stereocenters. The Hall–Kier alpha value is -2.36. The van der Waals surface area contributed by atoms with Crippen LogP contribution in [-0.4, -0.2) is 10.2 Å². The summed E-state index contributed by atoms with van der Waals surface area (Å²) in [4.78, 5) is 0. The van der Waals surface area contributed by atoms with Crippen molar-refractivity contribution in [3.63, 3.8) is 0 Å². The topological polar surface area (TPSA) is 92.5 Å². The third-order valence-corrected chi connectivity index (χ3v) is 4.09. The molecule has 4 nitrogen and oxygen atoms in total. The van der Waals surface area contributed by atoms with E-state index in [4.69, 9.17) is 11.5 Å². The van der Waals surface area contributed by atoms with E-state index in [0.29, 0.717) is 11.4 Å². The number of phenolic OH excluding ortho intramolecular Hbond substituents is 2. The fourth-order valence-electron chi connectivity index (χ4n) is 2.91. The highest BCUT2D eigenvalue weighted by Crippen LogP contribution is 2.40. The van der Waals surface area contributed by atoms with Crippen LogP contribution < -0.4 is 11.5 Å². The molecule has 0 heterocycles. The van der Waals surface area contributed by atoms with E-state index in [-0.39, 0.29) is 16.9 Å². The summed E-state index contributed by atoms with van der Waals surface area (Å²) in [5.74, 6) is 0.183. The number of hydrogen-bond donors (Lipinski definition) is 4. The second-order valence-electron chi connectivity index (χ2n) is 6.08. The number of hydrogen-bond acceptors (Lipinski definition) is 4. The molecule has 0 fully saturated rings. The van der Waals surface area contributed by atoms with Crippen molar-refractivity contribution in [2.45, 2.75) is 33.1 Å². The first-order valence-corrected chi connectivity index (χ1v) is 6.83. The molecule has 0 aliphatic carbocycles. The Morgan fingerprint density at radius 1 is 0.762 bits per heavy atom. The minimum absolute atomic E-state index is 0.0917. The van der Waals surface area contributed by atoms with Crippen LogP contribution in [0.25, 0.3) is 0 Å². The second kappa shape index (κ2) is 4.88. The summed E-state index contributed by atoms with van der Waals surface area (Å²) in [5, 5.41) is 19.4. The number of nitrogens with two attached hydrogens (primary N) is 2. The van der Waals surface area contributed by atoms with Gasteiger partial charge in [-0.2, -0.15) is 0 Å². The lowest BCUT2D eigenvalue weighted by molar-refractivity contribution is 0.476. The maximum atomic E-state index is 9.72. The van der Waals surface area contributed by atoms with Crippen LogP contribution in [-0.2, 0) is 5.41 Å². The highest BCUT2D eigenvalue weighted by molar-refractivity contribution is 5.62. The zero-order valence-electron chi connectivity index (χ0n) is 12.9. The zero-order valence-corrected chi connectivity index (χ0v) is 12.9. The lowest BCUT2D eigenvalue weighted by Crippen LogP contribution is -2.22. The van der Waals surface area contributed by atoms with Gasteiger partial charge in [0.25, 0.3) is 0 Å². The molecule has 6 N–H and O–H groups in total. The normalized spacial score (nSPS) is 11.6. The average molecular weight is 286 g/mol. The predicted molar refractivity (Wildman–Crippen MR) is 86.6 cm³/mol. The number of nitrogen functional groups attached to an aromatic ring is 2. The van der Waals surface area contributed by atoms with Crippen LogP contribution in [0.15, 0.2) is 24.3 Å². The maximum absolute atomic E-state index is 9.72. The second-order valence-corrected chi connectivity index (χ2v) is 6.08. The number of aryl methyl sites for hydroxylation is 2. The van der Waals surface area contributed by atoms with Gasteiger partial charge >= 0.3 is 0 Å². The zero-order chi connectivity index (χ0) is 15.9. The minimum Gasteiger partial charge on any atom is -0.506 e. The summed E-state index contributed by atoms with van der Waals surface area (Å²) in [6.07, 6.45) is 0. The van der Waals surface area contributed by atoms with Gasteiger partial charge in [0.1, 0.15) is 11.5 Å². The van der Waals surface area contributed by atoms with Gasteiger partial charge in [0, 0.05) is 5.41 Å². The molecule has 112 valence electrons. The highest BCUT2D eigenvalue weighted by Gasteiger charge is 2.28. The predicted octanol–water partition coefficient (Wildman–Crippen LogP) is 3.20. The number of benzene rings is 2. The van der Waals surface area contributed by atoms with Gasteiger partial charge in [0.05, 0.1) is 11.4 Å². The highest BCUT2D eigenvalue weighted by atomic mass is 16.3. The monoisotopic (exact) mass is 286 g/mol. The largest absolute Gasteiger partial charge is 0.506 e. The summed E-state index contributed by atoms with van der Waals surface area (Å²) >= 11 is 0. The molecule has 2 rings (SSSR count). The molecule has 0 spiro atoms. The quantitative estimate of drug-likeness (QED) is 0.504. The molecule has 2 aromatic rings. The molecule has 0 amide bonds. The van der Waals surface area contributed by atoms with Crippen LogP contribution >= 0.6 is 0 Å². The Bertz CT molecular complexity index is 647. The SMILES string of the molecule is Cc1cc(O)c(N)cc1C(C)(C)c1cc(N)c(O)cc1C. The first-order chi connectivity index (χ1) is 9.64. The smallest absolute Gasteiger partial charge is 0.138 e. The van der Waals surface area contributed by atoms with Gasteiger partial charge in [-0.05, 0) is 60.4 Å². The Morgan fingerprint density at radius 2 is 1.10 bits per heavy atom. The van der Waals surface area contributed by atoms with Crippen LogP contribution in [0, 0.1) is 13.8 Å². The van der Waals surface area contributed by atoms with Crippen LogP contribution in [0.3, 0.4) is 0 Å². The molecule has 4 heteroatoms. The van der Waals surface area contributed by atoms with Crippen LogP contribution in [0.5, 0.6) is 11.5 Å². The molecule has 0 aliphatic rings. The van der Waals surface area contributed by atoms with E-state index in [1.165, 1.54) is 0 Å². The first-order valence-electron chi connectivity index (χ1n) is 6.83. The molecular formula is C17H22N2O2. The third kappa shape index (κ3) is 2.49. The summed E-state index contributed by atoms with van der Waals surface area (Å²) in [6.45, 7) is 8.03. The van der Waals surface area contributed by atoms with Crippen molar-refractivity contribution in [3.8, 4) is 11.5 Å². The molecule has 0 saturated heterocycles. The van der Waals surface area contributed by atoms with Crippen molar-refractivity contribution >= 4 is 11.4 Å². The van der Waals surface area contributed by atoms with E-state index in [1.807, 2.05) is 13.8 Å². The Morgan fingerprint density at radius 3 is 1.43 bits per heavy atom. The number of phenols is 2. The number of aromatic hydroxyl groups is 2. The lowest BCUT2D eigenvalue weighted by atomic mass is 9.74. The van der Waals surface area contributed by atoms with E-state index in [9.17, 15) is 10.2 Å². The van der Waals surface area contributed by atoms with Gasteiger partial charge in [0.2, 0.25) is 0 Å². The standard InChI is InChI=1S/C17H22N2O2/c1-9-5-15(20)13(18)7-11(9)17(3,4)12-8-14(19)16(21)6-10(12)2/h5-8,20-21H,18-19H2,1-4H3. The van der Waals surface area contributed by atoms with E-state index >= 15 is 0 Å². The molecule has 0 radical (unpaired) electrons. The molecule has 0 bridgehead atoms. The fourth-order valence-corrected chi connectivity index (χ4v) is 2.91. The lowest BCUT2D eigenvalue weighted by Gasteiger charge is -2.30. The molecule has 2 aromatic carbocycles. The van der Waals surface area contributed by atoms with E-state index in [1.54, 1.807) is 24.3 Å². The summed E-state index contributed by atoms with van der Waals surface area (Å²) < 4.78 is 0. The van der Waals surface area contributed by atoms with Crippen LogP contribution in [0.2, 0.25) is 0 Å². The Kier molecular flexibility index (Phi) is 3.49. The maximum Gasteiger partial charge on any atom is 0.138 e. The van der Waals surface area contributed by atoms with Gasteiger partial charge in [-0.25, -0.2) is 0 Å². The van der Waals surface area contributed by atoms with E-state index < -0.39 is 0 Å². The number of anilines is 2. The summed E-state index contributed by atoms with van der Waals surface area (Å²) in [7, 11) is 0. The van der Waals surface area contributed by atoms with Crippen molar-refractivity contribution in [2.24, 2.45) is 0 Å². The molecule has 21 heavy (non-hydrogen) atoms. The minimum atomic E-state index is -0.349. The number of rotatable bonds is 2. The summed E-state index contributed by atoms with van der Waals surface area (Å²) in [5.41, 5.74) is 16.0. The van der Waals surface area contributed by atoms with Gasteiger partial charge < -0.3 is 21.7 Å².